The van der Waals surface area contributed by atoms with Crippen molar-refractivity contribution in [1.82, 2.24) is 0 Å². The lowest BCUT2D eigenvalue weighted by molar-refractivity contribution is 0.603. The third-order valence-electron chi connectivity index (χ3n) is 2.71. The molecule has 3 nitrogen and oxygen atoms in total. The standard InChI is InChI=1S/C12H15NO2S2/c1-2-16-8-11-6-10-4-3-9(7-13)5-12(10)17(11,14)15/h3-6H,2,7-8,13H2,1H3. The van der Waals surface area contributed by atoms with E-state index < -0.39 is 9.84 Å². The van der Waals surface area contributed by atoms with Gasteiger partial charge in [0, 0.05) is 12.3 Å². The van der Waals surface area contributed by atoms with Crippen LogP contribution in [-0.2, 0) is 16.4 Å². The van der Waals surface area contributed by atoms with Crippen molar-refractivity contribution in [3.8, 4) is 0 Å². The summed E-state index contributed by atoms with van der Waals surface area (Å²) >= 11 is 1.62. The molecule has 0 atom stereocenters. The average molecular weight is 269 g/mol. The van der Waals surface area contributed by atoms with E-state index in [1.54, 1.807) is 23.9 Å². The summed E-state index contributed by atoms with van der Waals surface area (Å²) in [6.45, 7) is 2.38. The Bertz CT molecular complexity index is 562. The van der Waals surface area contributed by atoms with Crippen LogP contribution in [-0.4, -0.2) is 19.9 Å². The molecule has 0 radical (unpaired) electrons. The molecule has 0 aromatic heterocycles. The zero-order valence-corrected chi connectivity index (χ0v) is 11.3. The molecule has 2 N–H and O–H groups in total. The van der Waals surface area contributed by atoms with E-state index >= 15 is 0 Å². The van der Waals surface area contributed by atoms with E-state index in [-0.39, 0.29) is 0 Å². The van der Waals surface area contributed by atoms with Crippen LogP contribution in [0.5, 0.6) is 0 Å². The Kier molecular flexibility index (Phi) is 3.61. The summed E-state index contributed by atoms with van der Waals surface area (Å²) in [6.07, 6.45) is 1.77. The number of benzene rings is 1. The number of nitrogens with two attached hydrogens (primary N) is 1. The van der Waals surface area contributed by atoms with E-state index in [1.165, 1.54) is 0 Å². The highest BCUT2D eigenvalue weighted by molar-refractivity contribution is 8.02. The maximum atomic E-state index is 12.2. The molecule has 0 bridgehead atoms. The second-order valence-electron chi connectivity index (χ2n) is 3.83. The molecular weight excluding hydrogens is 254 g/mol. The molecule has 1 aromatic rings. The van der Waals surface area contributed by atoms with Crippen molar-refractivity contribution >= 4 is 27.7 Å². The molecule has 0 saturated heterocycles. The fraction of sp³-hybridized carbons (Fsp3) is 0.333. The minimum absolute atomic E-state index is 0.363. The molecule has 1 aliphatic heterocycles. The van der Waals surface area contributed by atoms with Gasteiger partial charge in [0.2, 0.25) is 9.84 Å². The van der Waals surface area contributed by atoms with Crippen molar-refractivity contribution in [2.75, 3.05) is 11.5 Å². The minimum atomic E-state index is -3.27. The molecule has 5 heteroatoms. The van der Waals surface area contributed by atoms with Crippen LogP contribution in [0.4, 0.5) is 0 Å². The minimum Gasteiger partial charge on any atom is -0.326 e. The quantitative estimate of drug-likeness (QED) is 0.908. The summed E-state index contributed by atoms with van der Waals surface area (Å²) in [4.78, 5) is 0.917. The predicted molar refractivity (Wildman–Crippen MR) is 72.5 cm³/mol. The lowest BCUT2D eigenvalue weighted by Crippen LogP contribution is -2.04. The normalized spacial score (nSPS) is 16.7. The van der Waals surface area contributed by atoms with Gasteiger partial charge in [-0.3, -0.25) is 0 Å². The first-order valence-corrected chi connectivity index (χ1v) is 8.09. The van der Waals surface area contributed by atoms with Gasteiger partial charge in [-0.2, -0.15) is 11.8 Å². The monoisotopic (exact) mass is 269 g/mol. The van der Waals surface area contributed by atoms with E-state index in [9.17, 15) is 8.42 Å². The van der Waals surface area contributed by atoms with E-state index in [1.807, 2.05) is 19.1 Å². The first-order valence-electron chi connectivity index (χ1n) is 5.46. The largest absolute Gasteiger partial charge is 0.326 e. The fourth-order valence-electron chi connectivity index (χ4n) is 1.77. The van der Waals surface area contributed by atoms with Gasteiger partial charge in [-0.1, -0.05) is 19.1 Å². The molecule has 1 aromatic carbocycles. The highest BCUT2D eigenvalue weighted by Crippen LogP contribution is 2.34. The summed E-state index contributed by atoms with van der Waals surface area (Å²) in [5.74, 6) is 1.46. The number of fused-ring (bicyclic) bond motifs is 1. The Morgan fingerprint density at radius 1 is 1.35 bits per heavy atom. The average Bonchev–Trinajstić information content (AvgIpc) is 2.58. The maximum Gasteiger partial charge on any atom is 0.204 e. The smallest absolute Gasteiger partial charge is 0.204 e. The zero-order chi connectivity index (χ0) is 12.5. The van der Waals surface area contributed by atoms with Crippen LogP contribution < -0.4 is 5.73 Å². The second-order valence-corrected chi connectivity index (χ2v) is 7.07. The molecular formula is C12H15NO2S2. The number of sulfone groups is 1. The van der Waals surface area contributed by atoms with Crippen molar-refractivity contribution in [3.63, 3.8) is 0 Å². The van der Waals surface area contributed by atoms with Gasteiger partial charge in [-0.05, 0) is 29.0 Å². The van der Waals surface area contributed by atoms with Gasteiger partial charge in [0.05, 0.1) is 9.80 Å². The fourth-order valence-corrected chi connectivity index (χ4v) is 4.44. The maximum absolute atomic E-state index is 12.2. The van der Waals surface area contributed by atoms with Crippen molar-refractivity contribution in [3.05, 3.63) is 34.2 Å². The Hall–Kier alpha value is -0.780. The molecule has 1 heterocycles. The van der Waals surface area contributed by atoms with Gasteiger partial charge in [0.25, 0.3) is 0 Å². The van der Waals surface area contributed by atoms with E-state index in [0.29, 0.717) is 22.1 Å². The number of rotatable bonds is 4. The van der Waals surface area contributed by atoms with E-state index in [0.717, 1.165) is 16.9 Å². The molecule has 0 saturated carbocycles. The van der Waals surface area contributed by atoms with Gasteiger partial charge >= 0.3 is 0 Å². The Balaban J connectivity index is 2.41. The molecule has 2 rings (SSSR count). The summed E-state index contributed by atoms with van der Waals surface area (Å²) in [6, 6.07) is 5.39. The van der Waals surface area contributed by atoms with Crippen LogP contribution in [0.2, 0.25) is 0 Å². The van der Waals surface area contributed by atoms with Crippen LogP contribution in [0.3, 0.4) is 0 Å². The molecule has 92 valence electrons. The van der Waals surface area contributed by atoms with E-state index in [2.05, 4.69) is 0 Å². The summed E-state index contributed by atoms with van der Waals surface area (Å²) in [7, 11) is -3.27. The van der Waals surface area contributed by atoms with Gasteiger partial charge < -0.3 is 5.73 Å². The molecule has 0 aliphatic carbocycles. The van der Waals surface area contributed by atoms with Crippen molar-refractivity contribution in [2.45, 2.75) is 18.4 Å². The van der Waals surface area contributed by atoms with Crippen molar-refractivity contribution in [1.29, 1.82) is 0 Å². The third-order valence-corrected chi connectivity index (χ3v) is 5.70. The Morgan fingerprint density at radius 2 is 2.12 bits per heavy atom. The van der Waals surface area contributed by atoms with Crippen LogP contribution >= 0.6 is 11.8 Å². The first-order chi connectivity index (χ1) is 8.09. The molecule has 0 spiro atoms. The molecule has 17 heavy (non-hydrogen) atoms. The Labute approximate surface area is 106 Å². The van der Waals surface area contributed by atoms with Crippen LogP contribution in [0.15, 0.2) is 28.0 Å². The highest BCUT2D eigenvalue weighted by atomic mass is 32.2. The topological polar surface area (TPSA) is 60.2 Å². The Morgan fingerprint density at radius 3 is 2.76 bits per heavy atom. The summed E-state index contributed by atoms with van der Waals surface area (Å²) < 4.78 is 24.5. The highest BCUT2D eigenvalue weighted by Gasteiger charge is 2.29. The SMILES string of the molecule is CCSCC1=Cc2ccc(CN)cc2S1(=O)=O. The van der Waals surface area contributed by atoms with Gasteiger partial charge in [0.15, 0.2) is 0 Å². The van der Waals surface area contributed by atoms with Crippen molar-refractivity contribution < 1.29 is 8.42 Å². The summed E-state index contributed by atoms with van der Waals surface area (Å²) in [5, 5.41) is 0. The summed E-state index contributed by atoms with van der Waals surface area (Å²) in [5.41, 5.74) is 7.17. The predicted octanol–water partition coefficient (Wildman–Crippen LogP) is 2.03. The van der Waals surface area contributed by atoms with E-state index in [4.69, 9.17) is 5.73 Å². The van der Waals surface area contributed by atoms with Crippen molar-refractivity contribution in [2.24, 2.45) is 5.73 Å². The first kappa shape index (κ1) is 12.7. The number of hydrogen-bond donors (Lipinski definition) is 1. The van der Waals surface area contributed by atoms with Gasteiger partial charge in [0.1, 0.15) is 0 Å². The lowest BCUT2D eigenvalue weighted by atomic mass is 10.1. The third kappa shape index (κ3) is 2.27. The number of hydrogen-bond acceptors (Lipinski definition) is 4. The van der Waals surface area contributed by atoms with Gasteiger partial charge in [-0.15, -0.1) is 0 Å². The zero-order valence-electron chi connectivity index (χ0n) is 9.64. The second kappa shape index (κ2) is 4.84. The molecule has 0 amide bonds. The van der Waals surface area contributed by atoms with Crippen LogP contribution in [0.1, 0.15) is 18.1 Å². The van der Waals surface area contributed by atoms with Gasteiger partial charge in [-0.25, -0.2) is 8.42 Å². The van der Waals surface area contributed by atoms with Crippen LogP contribution in [0.25, 0.3) is 6.08 Å². The molecule has 1 aliphatic rings. The molecule has 0 fully saturated rings. The number of thioether (sulfide) groups is 1. The lowest BCUT2D eigenvalue weighted by Gasteiger charge is -2.04. The van der Waals surface area contributed by atoms with Crippen LogP contribution in [0, 0.1) is 0 Å². The molecule has 0 unspecified atom stereocenters.